The molecule has 1 aromatic heterocycles. The molecule has 1 amide bonds. The maximum Gasteiger partial charge on any atom is 0.269 e. The smallest absolute Gasteiger partial charge is 0.269 e. The van der Waals surface area contributed by atoms with Crippen LogP contribution in [0.3, 0.4) is 0 Å². The van der Waals surface area contributed by atoms with Gasteiger partial charge in [-0.1, -0.05) is 13.8 Å². The highest BCUT2D eigenvalue weighted by Gasteiger charge is 2.12. The molecule has 0 atom stereocenters. The van der Waals surface area contributed by atoms with Crippen LogP contribution in [0, 0.1) is 11.3 Å². The molecule has 0 aliphatic heterocycles. The first-order chi connectivity index (χ1) is 9.93. The molecular formula is C15H25N5O. The SMILES string of the molecule is CCNC(=O)c1cc(N(CCC(=N)N)CC(C)C)ccn1. The van der Waals surface area contributed by atoms with Gasteiger partial charge in [0.2, 0.25) is 0 Å². The van der Waals surface area contributed by atoms with Crippen LogP contribution in [0.1, 0.15) is 37.7 Å². The molecule has 6 heteroatoms. The predicted molar refractivity (Wildman–Crippen MR) is 85.8 cm³/mol. The van der Waals surface area contributed by atoms with Crippen LogP contribution in [0.25, 0.3) is 0 Å². The molecule has 1 aromatic rings. The van der Waals surface area contributed by atoms with E-state index in [4.69, 9.17) is 11.1 Å². The van der Waals surface area contributed by atoms with Crippen LogP contribution in [-0.4, -0.2) is 36.4 Å². The third kappa shape index (κ3) is 5.81. The Morgan fingerprint density at radius 3 is 2.81 bits per heavy atom. The first kappa shape index (κ1) is 16.9. The summed E-state index contributed by atoms with van der Waals surface area (Å²) in [6, 6.07) is 3.67. The minimum Gasteiger partial charge on any atom is -0.388 e. The summed E-state index contributed by atoms with van der Waals surface area (Å²) in [5.41, 5.74) is 6.79. The van der Waals surface area contributed by atoms with Crippen molar-refractivity contribution in [2.24, 2.45) is 11.7 Å². The van der Waals surface area contributed by atoms with Crippen molar-refractivity contribution in [3.8, 4) is 0 Å². The quantitative estimate of drug-likeness (QED) is 0.501. The summed E-state index contributed by atoms with van der Waals surface area (Å²) in [6.07, 6.45) is 2.15. The fourth-order valence-corrected chi connectivity index (χ4v) is 2.01. The van der Waals surface area contributed by atoms with Gasteiger partial charge >= 0.3 is 0 Å². The lowest BCUT2D eigenvalue weighted by atomic mass is 10.1. The Kier molecular flexibility index (Phi) is 6.65. The van der Waals surface area contributed by atoms with Crippen molar-refractivity contribution in [2.75, 3.05) is 24.5 Å². The monoisotopic (exact) mass is 291 g/mol. The van der Waals surface area contributed by atoms with Crippen LogP contribution in [0.5, 0.6) is 0 Å². The van der Waals surface area contributed by atoms with Gasteiger partial charge in [-0.05, 0) is 25.0 Å². The lowest BCUT2D eigenvalue weighted by Gasteiger charge is -2.26. The number of nitrogens with two attached hydrogens (primary N) is 1. The van der Waals surface area contributed by atoms with E-state index in [1.165, 1.54) is 0 Å². The van der Waals surface area contributed by atoms with Gasteiger partial charge < -0.3 is 16.0 Å². The second-order valence-corrected chi connectivity index (χ2v) is 5.37. The summed E-state index contributed by atoms with van der Waals surface area (Å²) in [5, 5.41) is 10.1. The molecule has 116 valence electrons. The number of hydrogen-bond acceptors (Lipinski definition) is 4. The van der Waals surface area contributed by atoms with E-state index in [2.05, 4.69) is 29.0 Å². The van der Waals surface area contributed by atoms with Crippen LogP contribution >= 0.6 is 0 Å². The molecule has 1 rings (SSSR count). The minimum absolute atomic E-state index is 0.168. The van der Waals surface area contributed by atoms with Gasteiger partial charge in [0.1, 0.15) is 5.69 Å². The van der Waals surface area contributed by atoms with Crippen molar-refractivity contribution in [1.82, 2.24) is 10.3 Å². The molecule has 0 aliphatic rings. The van der Waals surface area contributed by atoms with Crippen LogP contribution in [-0.2, 0) is 0 Å². The second kappa shape index (κ2) is 8.24. The maximum atomic E-state index is 11.9. The van der Waals surface area contributed by atoms with Crippen LogP contribution in [0.4, 0.5) is 5.69 Å². The van der Waals surface area contributed by atoms with Crippen molar-refractivity contribution in [1.29, 1.82) is 5.41 Å². The summed E-state index contributed by atoms with van der Waals surface area (Å²) in [7, 11) is 0. The van der Waals surface area contributed by atoms with E-state index in [9.17, 15) is 4.79 Å². The van der Waals surface area contributed by atoms with Crippen molar-refractivity contribution in [3.05, 3.63) is 24.0 Å². The normalized spacial score (nSPS) is 10.5. The predicted octanol–water partition coefficient (Wildman–Crippen LogP) is 1.62. The average molecular weight is 291 g/mol. The first-order valence-corrected chi connectivity index (χ1v) is 7.26. The molecule has 21 heavy (non-hydrogen) atoms. The topological polar surface area (TPSA) is 95.1 Å². The fourth-order valence-electron chi connectivity index (χ4n) is 2.01. The van der Waals surface area contributed by atoms with E-state index in [-0.39, 0.29) is 11.7 Å². The largest absolute Gasteiger partial charge is 0.388 e. The van der Waals surface area contributed by atoms with Gasteiger partial charge in [0.25, 0.3) is 5.91 Å². The summed E-state index contributed by atoms with van der Waals surface area (Å²) >= 11 is 0. The number of nitrogens with zero attached hydrogens (tertiary/aromatic N) is 2. The Balaban J connectivity index is 2.92. The number of nitrogens with one attached hydrogen (secondary N) is 2. The number of pyridine rings is 1. The van der Waals surface area contributed by atoms with E-state index in [0.717, 1.165) is 12.2 Å². The van der Waals surface area contributed by atoms with Gasteiger partial charge in [-0.25, -0.2) is 0 Å². The highest BCUT2D eigenvalue weighted by Crippen LogP contribution is 2.17. The van der Waals surface area contributed by atoms with Crippen LogP contribution < -0.4 is 16.0 Å². The zero-order valence-electron chi connectivity index (χ0n) is 13.0. The highest BCUT2D eigenvalue weighted by atomic mass is 16.1. The Morgan fingerprint density at radius 2 is 2.24 bits per heavy atom. The Labute approximate surface area is 126 Å². The fraction of sp³-hybridized carbons (Fsp3) is 0.533. The van der Waals surface area contributed by atoms with Crippen molar-refractivity contribution >= 4 is 17.4 Å². The van der Waals surface area contributed by atoms with Crippen LogP contribution in [0.2, 0.25) is 0 Å². The van der Waals surface area contributed by atoms with Crippen molar-refractivity contribution in [2.45, 2.75) is 27.2 Å². The van der Waals surface area contributed by atoms with E-state index in [1.807, 2.05) is 13.0 Å². The minimum atomic E-state index is -0.171. The number of amidine groups is 1. The number of carbonyl (C=O) groups excluding carboxylic acids is 1. The average Bonchev–Trinajstić information content (AvgIpc) is 2.43. The summed E-state index contributed by atoms with van der Waals surface area (Å²) in [4.78, 5) is 18.1. The molecular weight excluding hydrogens is 266 g/mol. The number of aromatic nitrogens is 1. The van der Waals surface area contributed by atoms with Crippen molar-refractivity contribution in [3.63, 3.8) is 0 Å². The molecule has 6 nitrogen and oxygen atoms in total. The van der Waals surface area contributed by atoms with Gasteiger partial charge in [0.05, 0.1) is 5.84 Å². The van der Waals surface area contributed by atoms with Gasteiger partial charge in [-0.2, -0.15) is 0 Å². The molecule has 0 saturated heterocycles. The lowest BCUT2D eigenvalue weighted by molar-refractivity contribution is 0.0951. The van der Waals surface area contributed by atoms with Gasteiger partial charge in [-0.3, -0.25) is 15.2 Å². The summed E-state index contributed by atoms with van der Waals surface area (Å²) in [6.45, 7) is 8.21. The standard InChI is InChI=1S/C15H25N5O/c1-4-18-15(21)13-9-12(5-7-19-13)20(10-11(2)3)8-6-14(16)17/h5,7,9,11H,4,6,8,10H2,1-3H3,(H3,16,17)(H,18,21). The first-order valence-electron chi connectivity index (χ1n) is 7.26. The molecule has 0 bridgehead atoms. The third-order valence-corrected chi connectivity index (χ3v) is 2.92. The number of carbonyl (C=O) groups is 1. The molecule has 0 spiro atoms. The molecule has 0 aromatic carbocycles. The highest BCUT2D eigenvalue weighted by molar-refractivity contribution is 5.93. The van der Waals surface area contributed by atoms with Gasteiger partial charge in [0.15, 0.2) is 0 Å². The Bertz CT molecular complexity index is 487. The number of hydrogen-bond donors (Lipinski definition) is 3. The number of anilines is 1. The molecule has 0 unspecified atom stereocenters. The van der Waals surface area contributed by atoms with E-state index < -0.39 is 0 Å². The zero-order chi connectivity index (χ0) is 15.8. The second-order valence-electron chi connectivity index (χ2n) is 5.37. The van der Waals surface area contributed by atoms with Gasteiger partial charge in [-0.15, -0.1) is 0 Å². The zero-order valence-corrected chi connectivity index (χ0v) is 13.0. The van der Waals surface area contributed by atoms with Crippen molar-refractivity contribution < 1.29 is 4.79 Å². The van der Waals surface area contributed by atoms with E-state index in [1.54, 1.807) is 12.3 Å². The Morgan fingerprint density at radius 1 is 1.52 bits per heavy atom. The molecule has 4 N–H and O–H groups in total. The molecule has 0 aliphatic carbocycles. The lowest BCUT2D eigenvalue weighted by Crippen LogP contribution is -2.31. The molecule has 0 radical (unpaired) electrons. The van der Waals surface area contributed by atoms with E-state index >= 15 is 0 Å². The van der Waals surface area contributed by atoms with Gasteiger partial charge in [0, 0.05) is 37.9 Å². The number of amides is 1. The molecule has 1 heterocycles. The van der Waals surface area contributed by atoms with E-state index in [0.29, 0.717) is 31.1 Å². The Hall–Kier alpha value is -2.11. The molecule has 0 fully saturated rings. The third-order valence-electron chi connectivity index (χ3n) is 2.92. The number of rotatable bonds is 8. The summed E-state index contributed by atoms with van der Waals surface area (Å²) < 4.78 is 0. The molecule has 0 saturated carbocycles. The summed E-state index contributed by atoms with van der Waals surface area (Å²) in [5.74, 6) is 0.468. The maximum absolute atomic E-state index is 11.9. The van der Waals surface area contributed by atoms with Crippen LogP contribution in [0.15, 0.2) is 18.3 Å².